The van der Waals surface area contributed by atoms with E-state index in [1.165, 1.54) is 16.5 Å². The van der Waals surface area contributed by atoms with Gasteiger partial charge in [0, 0.05) is 63.2 Å². The van der Waals surface area contributed by atoms with Crippen LogP contribution in [0.1, 0.15) is 12.0 Å². The van der Waals surface area contributed by atoms with E-state index in [0.29, 0.717) is 19.7 Å². The number of pyridine rings is 1. The normalized spacial score (nSPS) is 17.2. The first-order valence-electron chi connectivity index (χ1n) is 8.86. The molecule has 0 bridgehead atoms. The highest BCUT2D eigenvalue weighted by molar-refractivity contribution is 5.90. The maximum Gasteiger partial charge on any atom is 0.137 e. The Morgan fingerprint density at radius 3 is 3.12 bits per heavy atom. The number of aromatic nitrogens is 2. The monoisotopic (exact) mass is 344 g/mol. The Labute approximate surface area is 149 Å². The van der Waals surface area contributed by atoms with Gasteiger partial charge in [0.2, 0.25) is 0 Å². The van der Waals surface area contributed by atoms with Crippen LogP contribution in [0.25, 0.3) is 16.6 Å². The maximum atomic E-state index is 10.3. The maximum absolute atomic E-state index is 10.3. The van der Waals surface area contributed by atoms with Gasteiger partial charge in [-0.25, -0.2) is 4.98 Å². The van der Waals surface area contributed by atoms with Crippen LogP contribution in [-0.2, 0) is 4.74 Å². The minimum atomic E-state index is -0.339. The molecule has 1 aliphatic rings. The highest BCUT2D eigenvalue weighted by Crippen LogP contribution is 2.28. The molecule has 136 valence electrons. The zero-order valence-electron chi connectivity index (χ0n) is 15.1. The summed E-state index contributed by atoms with van der Waals surface area (Å²) in [5.74, 6) is 0. The van der Waals surface area contributed by atoms with E-state index in [1.807, 2.05) is 19.3 Å². The third-order valence-corrected chi connectivity index (χ3v) is 4.76. The van der Waals surface area contributed by atoms with Crippen LogP contribution in [0.4, 0.5) is 0 Å². The fraction of sp³-hybridized carbons (Fsp3) is 0.526. The summed E-state index contributed by atoms with van der Waals surface area (Å²) >= 11 is 0. The second-order valence-electron chi connectivity index (χ2n) is 6.75. The molecule has 0 saturated heterocycles. The molecule has 1 aliphatic heterocycles. The molecule has 1 unspecified atom stereocenters. The van der Waals surface area contributed by atoms with Crippen molar-refractivity contribution < 1.29 is 9.84 Å². The SMILES string of the molecule is COCCN(C)CC(O)CN1CC=C(c2c[nH]c3ncccc23)CC1. The van der Waals surface area contributed by atoms with Crippen LogP contribution in [0, 0.1) is 0 Å². The summed E-state index contributed by atoms with van der Waals surface area (Å²) in [6.07, 6.45) is 6.80. The van der Waals surface area contributed by atoms with Gasteiger partial charge in [-0.15, -0.1) is 0 Å². The molecule has 0 aliphatic carbocycles. The molecule has 0 saturated carbocycles. The smallest absolute Gasteiger partial charge is 0.137 e. The fourth-order valence-corrected chi connectivity index (χ4v) is 3.40. The Morgan fingerprint density at radius 1 is 1.48 bits per heavy atom. The van der Waals surface area contributed by atoms with Crippen molar-refractivity contribution in [3.63, 3.8) is 0 Å². The quantitative estimate of drug-likeness (QED) is 0.761. The first-order valence-corrected chi connectivity index (χ1v) is 8.86. The first-order chi connectivity index (χ1) is 12.2. The van der Waals surface area contributed by atoms with Crippen molar-refractivity contribution >= 4 is 16.6 Å². The van der Waals surface area contributed by atoms with Crippen molar-refractivity contribution in [3.05, 3.63) is 36.2 Å². The lowest BCUT2D eigenvalue weighted by Crippen LogP contribution is -2.41. The summed E-state index contributed by atoms with van der Waals surface area (Å²) in [7, 11) is 3.72. The van der Waals surface area contributed by atoms with Crippen molar-refractivity contribution in [1.29, 1.82) is 0 Å². The number of aliphatic hydroxyl groups is 1. The summed E-state index contributed by atoms with van der Waals surface area (Å²) in [4.78, 5) is 12.0. The lowest BCUT2D eigenvalue weighted by Gasteiger charge is -2.29. The second kappa shape index (κ2) is 8.58. The molecule has 6 heteroatoms. The number of β-amino-alcohol motifs (C(OH)–C–C–N with tert-alkyl or cyclic N) is 1. The van der Waals surface area contributed by atoms with Crippen molar-refractivity contribution in [1.82, 2.24) is 19.8 Å². The van der Waals surface area contributed by atoms with Gasteiger partial charge in [-0.05, 0) is 31.2 Å². The number of nitrogens with one attached hydrogen (secondary N) is 1. The number of H-pyrrole nitrogens is 1. The molecule has 0 amide bonds. The zero-order valence-corrected chi connectivity index (χ0v) is 15.1. The predicted octanol–water partition coefficient (Wildman–Crippen LogP) is 1.59. The van der Waals surface area contributed by atoms with E-state index in [4.69, 9.17) is 4.74 Å². The van der Waals surface area contributed by atoms with Crippen LogP contribution < -0.4 is 0 Å². The van der Waals surface area contributed by atoms with E-state index >= 15 is 0 Å². The van der Waals surface area contributed by atoms with Crippen LogP contribution in [0.15, 0.2) is 30.6 Å². The number of methoxy groups -OCH3 is 1. The summed E-state index contributed by atoms with van der Waals surface area (Å²) < 4.78 is 5.07. The van der Waals surface area contributed by atoms with Gasteiger partial charge in [-0.3, -0.25) is 4.90 Å². The molecule has 25 heavy (non-hydrogen) atoms. The van der Waals surface area contributed by atoms with Gasteiger partial charge in [-0.1, -0.05) is 6.08 Å². The second-order valence-corrected chi connectivity index (χ2v) is 6.75. The molecule has 0 aromatic carbocycles. The molecule has 0 radical (unpaired) electrons. The minimum absolute atomic E-state index is 0.339. The Balaban J connectivity index is 1.54. The number of aromatic amines is 1. The zero-order chi connectivity index (χ0) is 17.6. The van der Waals surface area contributed by atoms with Gasteiger partial charge >= 0.3 is 0 Å². The van der Waals surface area contributed by atoms with Gasteiger partial charge in [-0.2, -0.15) is 0 Å². The van der Waals surface area contributed by atoms with E-state index in [9.17, 15) is 5.11 Å². The topological polar surface area (TPSA) is 64.6 Å². The van der Waals surface area contributed by atoms with E-state index in [0.717, 1.165) is 31.7 Å². The molecule has 2 N–H and O–H groups in total. The van der Waals surface area contributed by atoms with Gasteiger partial charge in [0.1, 0.15) is 5.65 Å². The highest BCUT2D eigenvalue weighted by atomic mass is 16.5. The van der Waals surface area contributed by atoms with E-state index in [1.54, 1.807) is 7.11 Å². The minimum Gasteiger partial charge on any atom is -0.390 e. The fourth-order valence-electron chi connectivity index (χ4n) is 3.40. The van der Waals surface area contributed by atoms with E-state index in [-0.39, 0.29) is 6.10 Å². The van der Waals surface area contributed by atoms with E-state index < -0.39 is 0 Å². The number of hydrogen-bond donors (Lipinski definition) is 2. The predicted molar refractivity (Wildman–Crippen MR) is 101 cm³/mol. The molecule has 2 aromatic rings. The molecule has 3 rings (SSSR count). The molecule has 3 heterocycles. The summed E-state index contributed by atoms with van der Waals surface area (Å²) in [5, 5.41) is 11.5. The summed E-state index contributed by atoms with van der Waals surface area (Å²) in [5.41, 5.74) is 3.56. The van der Waals surface area contributed by atoms with Crippen LogP contribution in [0.5, 0.6) is 0 Å². The largest absolute Gasteiger partial charge is 0.390 e. The molecule has 6 nitrogen and oxygen atoms in total. The molecule has 2 aromatic heterocycles. The number of likely N-dealkylation sites (N-methyl/N-ethyl adjacent to an activating group) is 1. The Hall–Kier alpha value is -1.73. The van der Waals surface area contributed by atoms with Crippen LogP contribution in [-0.4, -0.2) is 84.5 Å². The van der Waals surface area contributed by atoms with Crippen molar-refractivity contribution in [2.75, 3.05) is 53.5 Å². The molecule has 0 fully saturated rings. The third-order valence-electron chi connectivity index (χ3n) is 4.76. The Kier molecular flexibility index (Phi) is 6.20. The highest BCUT2D eigenvalue weighted by Gasteiger charge is 2.18. The van der Waals surface area contributed by atoms with E-state index in [2.05, 4.69) is 38.1 Å². The van der Waals surface area contributed by atoms with Crippen LogP contribution in [0.3, 0.4) is 0 Å². The lowest BCUT2D eigenvalue weighted by atomic mass is 9.99. The molecular formula is C19H28N4O2. The standard InChI is InChI=1S/C19H28N4O2/c1-22(10-11-25-2)13-16(24)14-23-8-5-15(6-9-23)18-12-21-19-17(18)4-3-7-20-19/h3-5,7,12,16,24H,6,8-11,13-14H2,1-2H3,(H,20,21). The third kappa shape index (κ3) is 4.67. The first kappa shape index (κ1) is 18.1. The average Bonchev–Trinajstić information content (AvgIpc) is 3.04. The van der Waals surface area contributed by atoms with Crippen molar-refractivity contribution in [2.24, 2.45) is 0 Å². The summed E-state index contributed by atoms with van der Waals surface area (Å²) in [6.45, 7) is 4.75. The lowest BCUT2D eigenvalue weighted by molar-refractivity contribution is 0.0748. The van der Waals surface area contributed by atoms with Gasteiger partial charge in [0.25, 0.3) is 0 Å². The molecule has 0 spiro atoms. The van der Waals surface area contributed by atoms with Crippen molar-refractivity contribution in [2.45, 2.75) is 12.5 Å². The summed E-state index contributed by atoms with van der Waals surface area (Å²) in [6, 6.07) is 4.09. The Bertz CT molecular complexity index is 712. The van der Waals surface area contributed by atoms with Gasteiger partial charge < -0.3 is 19.7 Å². The molecular weight excluding hydrogens is 316 g/mol. The number of nitrogens with zero attached hydrogens (tertiary/aromatic N) is 3. The number of rotatable bonds is 8. The number of aliphatic hydroxyl groups excluding tert-OH is 1. The average molecular weight is 344 g/mol. The number of fused-ring (bicyclic) bond motifs is 1. The van der Waals surface area contributed by atoms with Crippen LogP contribution in [0.2, 0.25) is 0 Å². The Morgan fingerprint density at radius 2 is 2.36 bits per heavy atom. The van der Waals surface area contributed by atoms with Gasteiger partial charge in [0.15, 0.2) is 0 Å². The van der Waals surface area contributed by atoms with Crippen molar-refractivity contribution in [3.8, 4) is 0 Å². The van der Waals surface area contributed by atoms with Gasteiger partial charge in [0.05, 0.1) is 12.7 Å². The number of hydrogen-bond acceptors (Lipinski definition) is 5. The van der Waals surface area contributed by atoms with Crippen LogP contribution >= 0.6 is 0 Å². The number of ether oxygens (including phenoxy) is 1. The molecule has 1 atom stereocenters.